The molecule has 1 saturated heterocycles. The molecule has 0 spiro atoms. The van der Waals surface area contributed by atoms with Crippen LogP contribution in [-0.4, -0.2) is 33.8 Å². The molecule has 0 unspecified atom stereocenters. The second-order valence-corrected chi connectivity index (χ2v) is 7.13. The highest BCUT2D eigenvalue weighted by Gasteiger charge is 2.25. The average Bonchev–Trinajstić information content (AvgIpc) is 3.14. The van der Waals surface area contributed by atoms with Crippen LogP contribution in [0.1, 0.15) is 31.2 Å². The van der Waals surface area contributed by atoms with E-state index in [0.717, 1.165) is 41.2 Å². The Morgan fingerprint density at radius 2 is 2.18 bits per heavy atom. The van der Waals surface area contributed by atoms with Crippen LogP contribution in [0.25, 0.3) is 0 Å². The fourth-order valence-electron chi connectivity index (χ4n) is 3.19. The van der Waals surface area contributed by atoms with Crippen molar-refractivity contribution < 1.29 is 4.92 Å². The molecule has 0 atom stereocenters. The Labute approximate surface area is 135 Å². The quantitative estimate of drug-likeness (QED) is 0.618. The molecular formula is C16H21N3O2S. The van der Waals surface area contributed by atoms with Gasteiger partial charge in [0.05, 0.1) is 10.6 Å². The predicted octanol–water partition coefficient (Wildman–Crippen LogP) is 4.13. The van der Waals surface area contributed by atoms with Crippen molar-refractivity contribution >= 4 is 28.3 Å². The number of nitro benzene ring substituents is 1. The van der Waals surface area contributed by atoms with E-state index in [4.69, 9.17) is 4.99 Å². The summed E-state index contributed by atoms with van der Waals surface area (Å²) in [4.78, 5) is 17.6. The first-order valence-corrected chi connectivity index (χ1v) is 8.83. The Kier molecular flexibility index (Phi) is 4.66. The number of amidine groups is 1. The number of benzene rings is 1. The second kappa shape index (κ2) is 6.69. The molecule has 1 heterocycles. The molecule has 0 amide bonds. The molecule has 0 bridgehead atoms. The van der Waals surface area contributed by atoms with E-state index >= 15 is 0 Å². The zero-order valence-corrected chi connectivity index (χ0v) is 13.6. The van der Waals surface area contributed by atoms with Gasteiger partial charge < -0.3 is 4.90 Å². The van der Waals surface area contributed by atoms with Gasteiger partial charge in [0.1, 0.15) is 0 Å². The third-order valence-corrected chi connectivity index (χ3v) is 5.42. The third-order valence-electron chi connectivity index (χ3n) is 4.42. The van der Waals surface area contributed by atoms with Crippen LogP contribution in [0.3, 0.4) is 0 Å². The lowest BCUT2D eigenvalue weighted by molar-refractivity contribution is -0.384. The zero-order chi connectivity index (χ0) is 15.5. The number of rotatable bonds is 4. The number of aliphatic imine (C=N–C) groups is 1. The summed E-state index contributed by atoms with van der Waals surface area (Å²) in [6.07, 6.45) is 5.40. The molecule has 0 aromatic heterocycles. The van der Waals surface area contributed by atoms with Crippen LogP contribution >= 0.6 is 11.8 Å². The highest BCUT2D eigenvalue weighted by atomic mass is 32.2. The Balaban J connectivity index is 1.76. The lowest BCUT2D eigenvalue weighted by Crippen LogP contribution is -2.29. The summed E-state index contributed by atoms with van der Waals surface area (Å²) in [7, 11) is 0. The normalized spacial score (nSPS) is 21.0. The molecule has 22 heavy (non-hydrogen) atoms. The lowest BCUT2D eigenvalue weighted by Gasteiger charge is -2.22. The second-order valence-electron chi connectivity index (χ2n) is 6.07. The molecule has 3 rings (SSSR count). The summed E-state index contributed by atoms with van der Waals surface area (Å²) in [5.74, 6) is 1.89. The highest BCUT2D eigenvalue weighted by Crippen LogP contribution is 2.31. The molecule has 1 aliphatic heterocycles. The molecule has 1 saturated carbocycles. The standard InChI is InChI=1S/C16H21N3O2S/c1-12-10-14(19(20)21)6-7-15(12)17-16-18(8-9-22-16)11-13-4-2-3-5-13/h6-7,10,13H,2-5,8-9,11H2,1H3/b17-16-. The molecule has 1 aliphatic carbocycles. The fourth-order valence-corrected chi connectivity index (χ4v) is 4.20. The van der Waals surface area contributed by atoms with Crippen molar-refractivity contribution in [1.82, 2.24) is 4.90 Å². The maximum atomic E-state index is 10.8. The van der Waals surface area contributed by atoms with Gasteiger partial charge in [0.25, 0.3) is 5.69 Å². The molecule has 1 aromatic carbocycles. The predicted molar refractivity (Wildman–Crippen MR) is 90.9 cm³/mol. The van der Waals surface area contributed by atoms with E-state index in [1.54, 1.807) is 23.9 Å². The van der Waals surface area contributed by atoms with Crippen LogP contribution < -0.4 is 0 Å². The fraction of sp³-hybridized carbons (Fsp3) is 0.562. The van der Waals surface area contributed by atoms with Gasteiger partial charge in [-0.3, -0.25) is 10.1 Å². The number of nitro groups is 1. The van der Waals surface area contributed by atoms with Gasteiger partial charge in [-0.25, -0.2) is 4.99 Å². The Morgan fingerprint density at radius 1 is 1.41 bits per heavy atom. The van der Waals surface area contributed by atoms with E-state index in [1.165, 1.54) is 31.7 Å². The van der Waals surface area contributed by atoms with E-state index in [1.807, 2.05) is 6.92 Å². The monoisotopic (exact) mass is 319 g/mol. The summed E-state index contributed by atoms with van der Waals surface area (Å²) in [6.45, 7) is 4.05. The van der Waals surface area contributed by atoms with Gasteiger partial charge in [-0.05, 0) is 37.3 Å². The van der Waals surface area contributed by atoms with Crippen LogP contribution in [0, 0.1) is 23.0 Å². The molecule has 1 aromatic rings. The first-order valence-electron chi connectivity index (χ1n) is 7.85. The number of thioether (sulfide) groups is 1. The van der Waals surface area contributed by atoms with Crippen molar-refractivity contribution in [2.75, 3.05) is 18.8 Å². The number of nitrogens with zero attached hydrogens (tertiary/aromatic N) is 3. The van der Waals surface area contributed by atoms with E-state index < -0.39 is 0 Å². The van der Waals surface area contributed by atoms with Crippen molar-refractivity contribution in [1.29, 1.82) is 0 Å². The minimum absolute atomic E-state index is 0.128. The lowest BCUT2D eigenvalue weighted by atomic mass is 10.1. The van der Waals surface area contributed by atoms with Gasteiger partial charge in [0.2, 0.25) is 0 Å². The molecule has 2 fully saturated rings. The zero-order valence-electron chi connectivity index (χ0n) is 12.8. The van der Waals surface area contributed by atoms with Crippen LogP contribution in [0.5, 0.6) is 0 Å². The van der Waals surface area contributed by atoms with Crippen LogP contribution in [0.15, 0.2) is 23.2 Å². The van der Waals surface area contributed by atoms with E-state index in [2.05, 4.69) is 4.90 Å². The smallest absolute Gasteiger partial charge is 0.269 e. The van der Waals surface area contributed by atoms with Crippen LogP contribution in [0.2, 0.25) is 0 Å². The first-order chi connectivity index (χ1) is 10.6. The Hall–Kier alpha value is -1.56. The molecule has 2 aliphatic rings. The van der Waals surface area contributed by atoms with Crippen molar-refractivity contribution in [3.8, 4) is 0 Å². The maximum Gasteiger partial charge on any atom is 0.269 e. The van der Waals surface area contributed by atoms with E-state index in [0.29, 0.717) is 0 Å². The van der Waals surface area contributed by atoms with Crippen LogP contribution in [-0.2, 0) is 0 Å². The van der Waals surface area contributed by atoms with E-state index in [9.17, 15) is 10.1 Å². The number of aryl methyl sites for hydroxylation is 1. The van der Waals surface area contributed by atoms with Crippen molar-refractivity contribution in [3.63, 3.8) is 0 Å². The molecule has 0 N–H and O–H groups in total. The third kappa shape index (κ3) is 3.43. The minimum atomic E-state index is -0.360. The summed E-state index contributed by atoms with van der Waals surface area (Å²) in [5.41, 5.74) is 1.82. The summed E-state index contributed by atoms with van der Waals surface area (Å²) in [6, 6.07) is 4.89. The van der Waals surface area contributed by atoms with Gasteiger partial charge >= 0.3 is 0 Å². The number of hydrogen-bond donors (Lipinski definition) is 0. The van der Waals surface area contributed by atoms with Crippen molar-refractivity contribution in [3.05, 3.63) is 33.9 Å². The average molecular weight is 319 g/mol. The molecule has 6 heteroatoms. The first kappa shape index (κ1) is 15.3. The number of hydrogen-bond acceptors (Lipinski definition) is 4. The Bertz CT molecular complexity index is 597. The highest BCUT2D eigenvalue weighted by molar-refractivity contribution is 8.14. The van der Waals surface area contributed by atoms with Crippen molar-refractivity contribution in [2.45, 2.75) is 32.6 Å². The SMILES string of the molecule is Cc1cc([N+](=O)[O-])ccc1/N=C1\SCCN1CC1CCCC1. The molecule has 118 valence electrons. The Morgan fingerprint density at radius 3 is 2.86 bits per heavy atom. The van der Waals surface area contributed by atoms with Gasteiger partial charge in [-0.15, -0.1) is 0 Å². The molecular weight excluding hydrogens is 298 g/mol. The molecule has 0 radical (unpaired) electrons. The number of non-ortho nitro benzene ring substituents is 1. The topological polar surface area (TPSA) is 58.7 Å². The summed E-state index contributed by atoms with van der Waals surface area (Å²) >= 11 is 1.79. The summed E-state index contributed by atoms with van der Waals surface area (Å²) < 4.78 is 0. The molecule has 5 nitrogen and oxygen atoms in total. The van der Waals surface area contributed by atoms with Gasteiger partial charge in [0.15, 0.2) is 5.17 Å². The minimum Gasteiger partial charge on any atom is -0.350 e. The van der Waals surface area contributed by atoms with E-state index in [-0.39, 0.29) is 10.6 Å². The van der Waals surface area contributed by atoms with Gasteiger partial charge in [-0.1, -0.05) is 24.6 Å². The largest absolute Gasteiger partial charge is 0.350 e. The summed E-state index contributed by atoms with van der Waals surface area (Å²) in [5, 5.41) is 11.9. The van der Waals surface area contributed by atoms with Crippen molar-refractivity contribution in [2.24, 2.45) is 10.9 Å². The van der Waals surface area contributed by atoms with Crippen LogP contribution in [0.4, 0.5) is 11.4 Å². The maximum absolute atomic E-state index is 10.8. The van der Waals surface area contributed by atoms with Gasteiger partial charge in [0, 0.05) is 31.0 Å². The van der Waals surface area contributed by atoms with Gasteiger partial charge in [-0.2, -0.15) is 0 Å².